The molecule has 0 aromatic rings. The summed E-state index contributed by atoms with van der Waals surface area (Å²) in [6.07, 6.45) is -0.201. The van der Waals surface area contributed by atoms with Crippen LogP contribution < -0.4 is 0 Å². The van der Waals surface area contributed by atoms with Gasteiger partial charge in [0.15, 0.2) is 0 Å². The first-order chi connectivity index (χ1) is 3.42. The van der Waals surface area contributed by atoms with Crippen molar-refractivity contribution in [3.05, 3.63) is 0 Å². The van der Waals surface area contributed by atoms with Crippen LogP contribution in [0.15, 0.2) is 0 Å². The van der Waals surface area contributed by atoms with Crippen LogP contribution in [0.2, 0.25) is 0 Å². The third-order valence-corrected chi connectivity index (χ3v) is 0.584. The van der Waals surface area contributed by atoms with Crippen molar-refractivity contribution in [3.63, 3.8) is 0 Å². The zero-order valence-electron chi connectivity index (χ0n) is 6.01. The Labute approximate surface area is 96.9 Å². The second kappa shape index (κ2) is 4.82. The maximum Gasteiger partial charge on any atom is 0.306 e. The van der Waals surface area contributed by atoms with E-state index in [1.807, 2.05) is 0 Å². The molecule has 0 rings (SSSR count). The third kappa shape index (κ3) is 12.3. The van der Waals surface area contributed by atoms with Crippen LogP contribution in [0.1, 0.15) is 20.3 Å². The number of carboxylic acids is 1. The molecule has 0 spiro atoms. The Hall–Kier alpha value is 1.07. The van der Waals surface area contributed by atoms with Crippen molar-refractivity contribution in [1.29, 1.82) is 0 Å². The maximum atomic E-state index is 9.85. The van der Waals surface area contributed by atoms with Gasteiger partial charge in [0, 0.05) is 51.4 Å². The summed E-state index contributed by atoms with van der Waals surface area (Å²) in [6.45, 7) is 2.92. The van der Waals surface area contributed by atoms with Crippen LogP contribution in [-0.4, -0.2) is 73.2 Å². The predicted molar refractivity (Wildman–Crippen MR) is 34.3 cm³/mol. The SMILES string of the molecule is CC(C)(O)CC(=O)O.[K]. The summed E-state index contributed by atoms with van der Waals surface area (Å²) >= 11 is 0. The molecule has 0 aromatic carbocycles. The average Bonchev–Trinajstić information content (AvgIpc) is 1.21. The Morgan fingerprint density at radius 1 is 1.56 bits per heavy atom. The van der Waals surface area contributed by atoms with Crippen molar-refractivity contribution in [1.82, 2.24) is 0 Å². The molecule has 0 saturated carbocycles. The van der Waals surface area contributed by atoms with E-state index in [4.69, 9.17) is 10.2 Å². The topological polar surface area (TPSA) is 57.5 Å². The van der Waals surface area contributed by atoms with E-state index < -0.39 is 11.6 Å². The molecular formula is C5H10KO3. The minimum absolute atomic E-state index is 0. The minimum Gasteiger partial charge on any atom is -0.481 e. The van der Waals surface area contributed by atoms with Crippen LogP contribution in [-0.2, 0) is 4.79 Å². The standard InChI is InChI=1S/C5H10O3.K/c1-5(2,8)3-4(6)7;/h8H,3H2,1-2H3,(H,6,7);. The third-order valence-electron chi connectivity index (χ3n) is 0.584. The maximum absolute atomic E-state index is 9.85. The quantitative estimate of drug-likeness (QED) is 0.548. The molecule has 0 aliphatic rings. The second-order valence-corrected chi connectivity index (χ2v) is 2.38. The van der Waals surface area contributed by atoms with Crippen LogP contribution in [0.5, 0.6) is 0 Å². The summed E-state index contributed by atoms with van der Waals surface area (Å²) in [5.41, 5.74) is -1.08. The molecule has 49 valence electrons. The average molecular weight is 157 g/mol. The number of rotatable bonds is 2. The minimum atomic E-state index is -1.08. The Morgan fingerprint density at radius 2 is 1.89 bits per heavy atom. The molecule has 0 fully saturated rings. The molecule has 4 heteroatoms. The molecule has 0 amide bonds. The van der Waals surface area contributed by atoms with E-state index in [0.717, 1.165) is 0 Å². The molecule has 0 aliphatic heterocycles. The number of carbonyl (C=O) groups is 1. The Morgan fingerprint density at radius 3 is 1.89 bits per heavy atom. The second-order valence-electron chi connectivity index (χ2n) is 2.38. The molecule has 1 radical (unpaired) electrons. The number of hydrogen-bond donors (Lipinski definition) is 2. The molecule has 3 nitrogen and oxygen atoms in total. The van der Waals surface area contributed by atoms with Crippen molar-refractivity contribution in [3.8, 4) is 0 Å². The van der Waals surface area contributed by atoms with E-state index in [1.54, 1.807) is 0 Å². The van der Waals surface area contributed by atoms with Crippen LogP contribution in [0.4, 0.5) is 0 Å². The van der Waals surface area contributed by atoms with Crippen LogP contribution in [0.25, 0.3) is 0 Å². The van der Waals surface area contributed by atoms with E-state index in [0.29, 0.717) is 0 Å². The molecule has 0 heterocycles. The summed E-state index contributed by atoms with van der Waals surface area (Å²) in [7, 11) is 0. The van der Waals surface area contributed by atoms with Gasteiger partial charge in [-0.2, -0.15) is 0 Å². The molecule has 0 aliphatic carbocycles. The summed E-state index contributed by atoms with van der Waals surface area (Å²) in [5, 5.41) is 16.9. The first-order valence-electron chi connectivity index (χ1n) is 2.36. The van der Waals surface area contributed by atoms with Crippen molar-refractivity contribution in [2.45, 2.75) is 25.9 Å². The van der Waals surface area contributed by atoms with Gasteiger partial charge in [0.2, 0.25) is 0 Å². The van der Waals surface area contributed by atoms with Crippen molar-refractivity contribution in [2.75, 3.05) is 0 Å². The Kier molecular flexibility index (Phi) is 6.81. The fourth-order valence-electron chi connectivity index (χ4n) is 0.370. The van der Waals surface area contributed by atoms with Crippen molar-refractivity contribution in [2.24, 2.45) is 0 Å². The number of carboxylic acid groups (broad SMARTS) is 1. The van der Waals surface area contributed by atoms with Crippen LogP contribution >= 0.6 is 0 Å². The van der Waals surface area contributed by atoms with Gasteiger partial charge >= 0.3 is 5.97 Å². The van der Waals surface area contributed by atoms with Gasteiger partial charge in [0.1, 0.15) is 0 Å². The van der Waals surface area contributed by atoms with Gasteiger partial charge in [-0.05, 0) is 13.8 Å². The van der Waals surface area contributed by atoms with Gasteiger partial charge in [-0.3, -0.25) is 4.79 Å². The molecule has 9 heavy (non-hydrogen) atoms. The van der Waals surface area contributed by atoms with Gasteiger partial charge < -0.3 is 10.2 Å². The zero-order chi connectivity index (χ0) is 6.78. The monoisotopic (exact) mass is 157 g/mol. The normalized spacial score (nSPS) is 10.1. The first kappa shape index (κ1) is 12.7. The van der Waals surface area contributed by atoms with Crippen LogP contribution in [0.3, 0.4) is 0 Å². The summed E-state index contributed by atoms with van der Waals surface area (Å²) in [4.78, 5) is 9.85. The molecule has 2 N–H and O–H groups in total. The van der Waals surface area contributed by atoms with Gasteiger partial charge in [-0.25, -0.2) is 0 Å². The molecule has 0 saturated heterocycles. The molecule has 0 atom stereocenters. The van der Waals surface area contributed by atoms with E-state index in [2.05, 4.69) is 0 Å². The van der Waals surface area contributed by atoms with E-state index >= 15 is 0 Å². The van der Waals surface area contributed by atoms with E-state index in [1.165, 1.54) is 13.8 Å². The smallest absolute Gasteiger partial charge is 0.306 e. The largest absolute Gasteiger partial charge is 0.481 e. The molecular weight excluding hydrogens is 147 g/mol. The number of aliphatic hydroxyl groups is 1. The summed E-state index contributed by atoms with van der Waals surface area (Å²) < 4.78 is 0. The molecule has 0 aromatic heterocycles. The zero-order valence-corrected chi connectivity index (χ0v) is 9.13. The Bertz CT molecular complexity index is 94.9. The fourth-order valence-corrected chi connectivity index (χ4v) is 0.370. The van der Waals surface area contributed by atoms with Gasteiger partial charge in [0.25, 0.3) is 0 Å². The first-order valence-corrected chi connectivity index (χ1v) is 2.36. The fraction of sp³-hybridized carbons (Fsp3) is 0.800. The molecule has 0 unspecified atom stereocenters. The number of aliphatic carboxylic acids is 1. The number of hydrogen-bond acceptors (Lipinski definition) is 2. The Balaban J connectivity index is 0. The van der Waals surface area contributed by atoms with Gasteiger partial charge in [-0.15, -0.1) is 0 Å². The van der Waals surface area contributed by atoms with Gasteiger partial charge in [0.05, 0.1) is 12.0 Å². The summed E-state index contributed by atoms with van der Waals surface area (Å²) in [5.74, 6) is -0.975. The van der Waals surface area contributed by atoms with E-state index in [9.17, 15) is 4.79 Å². The van der Waals surface area contributed by atoms with Crippen molar-refractivity contribution >= 4 is 57.4 Å². The van der Waals surface area contributed by atoms with Crippen LogP contribution in [0, 0.1) is 0 Å². The summed E-state index contributed by atoms with van der Waals surface area (Å²) in [6, 6.07) is 0. The molecule has 0 bridgehead atoms. The van der Waals surface area contributed by atoms with Crippen molar-refractivity contribution < 1.29 is 15.0 Å². The van der Waals surface area contributed by atoms with E-state index in [-0.39, 0.29) is 57.8 Å². The predicted octanol–water partition coefficient (Wildman–Crippen LogP) is -0.149. The van der Waals surface area contributed by atoms with Gasteiger partial charge in [-0.1, -0.05) is 0 Å².